The monoisotopic (exact) mass is 318 g/mol. The van der Waals surface area contributed by atoms with E-state index in [0.717, 1.165) is 10.8 Å². The molecule has 0 amide bonds. The number of methoxy groups -OCH3 is 2. The smallest absolute Gasteiger partial charge is 0.194 e. The third-order valence-corrected chi connectivity index (χ3v) is 4.39. The van der Waals surface area contributed by atoms with Crippen molar-refractivity contribution in [3.05, 3.63) is 70.8 Å². The zero-order valence-electron chi connectivity index (χ0n) is 13.3. The number of ether oxygens (including phenoxy) is 2. The molecule has 1 aliphatic rings. The molecule has 0 radical (unpaired) electrons. The van der Waals surface area contributed by atoms with Gasteiger partial charge in [-0.2, -0.15) is 0 Å². The second-order valence-corrected chi connectivity index (χ2v) is 5.66. The van der Waals surface area contributed by atoms with Crippen LogP contribution in [0.1, 0.15) is 31.8 Å². The summed E-state index contributed by atoms with van der Waals surface area (Å²) in [6.45, 7) is 0. The highest BCUT2D eigenvalue weighted by atomic mass is 16.5. The van der Waals surface area contributed by atoms with Crippen LogP contribution in [0.4, 0.5) is 0 Å². The first-order valence-electron chi connectivity index (χ1n) is 7.52. The van der Waals surface area contributed by atoms with Crippen LogP contribution in [0.2, 0.25) is 0 Å². The molecule has 0 aromatic heterocycles. The molecule has 0 atom stereocenters. The first-order chi connectivity index (χ1) is 11.6. The zero-order valence-corrected chi connectivity index (χ0v) is 13.3. The molecule has 0 spiro atoms. The largest absolute Gasteiger partial charge is 0.493 e. The molecule has 24 heavy (non-hydrogen) atoms. The SMILES string of the molecule is COc1cc2c(cc1OC)C(=O)c1cc3ccccc3cc1C2=O. The van der Waals surface area contributed by atoms with Crippen LogP contribution in [-0.2, 0) is 0 Å². The molecular formula is C20H14O4. The Labute approximate surface area is 138 Å². The number of ketones is 2. The van der Waals surface area contributed by atoms with E-state index < -0.39 is 0 Å². The number of benzene rings is 3. The van der Waals surface area contributed by atoms with E-state index in [1.807, 2.05) is 24.3 Å². The Morgan fingerprint density at radius 3 is 1.38 bits per heavy atom. The van der Waals surface area contributed by atoms with Crippen LogP contribution in [0.15, 0.2) is 48.5 Å². The Kier molecular flexibility index (Phi) is 3.13. The van der Waals surface area contributed by atoms with Gasteiger partial charge in [0, 0.05) is 22.3 Å². The molecule has 0 bridgehead atoms. The van der Waals surface area contributed by atoms with Crippen molar-refractivity contribution in [2.75, 3.05) is 14.2 Å². The second kappa shape index (κ2) is 5.20. The lowest BCUT2D eigenvalue weighted by atomic mass is 9.82. The molecule has 0 saturated heterocycles. The Bertz CT molecular complexity index is 936. The molecule has 1 aliphatic carbocycles. The quantitative estimate of drug-likeness (QED) is 0.566. The van der Waals surface area contributed by atoms with Crippen molar-refractivity contribution in [2.24, 2.45) is 0 Å². The number of hydrogen-bond donors (Lipinski definition) is 0. The summed E-state index contributed by atoms with van der Waals surface area (Å²) in [4.78, 5) is 25.8. The summed E-state index contributed by atoms with van der Waals surface area (Å²) in [5, 5.41) is 1.86. The van der Waals surface area contributed by atoms with Gasteiger partial charge in [-0.25, -0.2) is 0 Å². The van der Waals surface area contributed by atoms with Gasteiger partial charge in [0.1, 0.15) is 0 Å². The normalized spacial score (nSPS) is 12.8. The van der Waals surface area contributed by atoms with Crippen LogP contribution in [0.5, 0.6) is 11.5 Å². The third kappa shape index (κ3) is 1.93. The number of carbonyl (C=O) groups is 2. The summed E-state index contributed by atoms with van der Waals surface area (Å²) in [6, 6.07) is 14.4. The van der Waals surface area contributed by atoms with Crippen LogP contribution in [0.3, 0.4) is 0 Å². The zero-order chi connectivity index (χ0) is 16.8. The summed E-state index contributed by atoms with van der Waals surface area (Å²) in [5.41, 5.74) is 1.55. The summed E-state index contributed by atoms with van der Waals surface area (Å²) in [6.07, 6.45) is 0. The molecule has 3 aromatic rings. The highest BCUT2D eigenvalue weighted by molar-refractivity contribution is 6.29. The summed E-state index contributed by atoms with van der Waals surface area (Å²) in [7, 11) is 3.00. The third-order valence-electron chi connectivity index (χ3n) is 4.39. The first kappa shape index (κ1) is 14.5. The number of hydrogen-bond acceptors (Lipinski definition) is 4. The van der Waals surface area contributed by atoms with Gasteiger partial charge in [0.2, 0.25) is 0 Å². The van der Waals surface area contributed by atoms with Crippen LogP contribution >= 0.6 is 0 Å². The van der Waals surface area contributed by atoms with Crippen molar-refractivity contribution >= 4 is 22.3 Å². The summed E-state index contributed by atoms with van der Waals surface area (Å²) >= 11 is 0. The average molecular weight is 318 g/mol. The van der Waals surface area contributed by atoms with Gasteiger partial charge >= 0.3 is 0 Å². The molecular weight excluding hydrogens is 304 g/mol. The molecule has 118 valence electrons. The molecule has 4 rings (SSSR count). The molecule has 0 fully saturated rings. The van der Waals surface area contributed by atoms with Gasteiger partial charge in [0.05, 0.1) is 14.2 Å². The Morgan fingerprint density at radius 2 is 1.00 bits per heavy atom. The van der Waals surface area contributed by atoms with Crippen LogP contribution in [-0.4, -0.2) is 25.8 Å². The standard InChI is InChI=1S/C20H14O4/c1-23-17-9-15-16(10-18(17)24-2)20(22)14-8-12-6-4-3-5-11(12)7-13(14)19(15)21/h3-10H,1-2H3. The lowest BCUT2D eigenvalue weighted by Gasteiger charge is -2.20. The molecule has 0 saturated carbocycles. The van der Waals surface area contributed by atoms with Crippen LogP contribution in [0, 0.1) is 0 Å². The molecule has 4 heteroatoms. The minimum atomic E-state index is -0.175. The summed E-state index contributed by atoms with van der Waals surface area (Å²) < 4.78 is 10.5. The average Bonchev–Trinajstić information content (AvgIpc) is 2.63. The number of rotatable bonds is 2. The van der Waals surface area contributed by atoms with E-state index in [4.69, 9.17) is 9.47 Å². The molecule has 0 heterocycles. The van der Waals surface area contributed by atoms with Gasteiger partial charge in [-0.1, -0.05) is 24.3 Å². The predicted octanol–water partition coefficient (Wildman–Crippen LogP) is 3.63. The van der Waals surface area contributed by atoms with Gasteiger partial charge in [-0.15, -0.1) is 0 Å². The lowest BCUT2D eigenvalue weighted by Crippen LogP contribution is -2.21. The van der Waals surface area contributed by atoms with E-state index in [9.17, 15) is 9.59 Å². The fraction of sp³-hybridized carbons (Fsp3) is 0.100. The summed E-state index contributed by atoms with van der Waals surface area (Å²) in [5.74, 6) is 0.515. The van der Waals surface area contributed by atoms with Gasteiger partial charge in [-0.05, 0) is 35.0 Å². The van der Waals surface area contributed by atoms with Gasteiger partial charge in [0.15, 0.2) is 23.1 Å². The highest BCUT2D eigenvalue weighted by Crippen LogP contribution is 2.37. The first-order valence-corrected chi connectivity index (χ1v) is 7.52. The van der Waals surface area contributed by atoms with Crippen LogP contribution in [0.25, 0.3) is 10.8 Å². The maximum atomic E-state index is 12.9. The maximum Gasteiger partial charge on any atom is 0.194 e. The van der Waals surface area contributed by atoms with Crippen LogP contribution < -0.4 is 9.47 Å². The van der Waals surface area contributed by atoms with E-state index in [0.29, 0.717) is 33.8 Å². The fourth-order valence-corrected chi connectivity index (χ4v) is 3.16. The van der Waals surface area contributed by atoms with Crippen molar-refractivity contribution in [1.29, 1.82) is 0 Å². The van der Waals surface area contributed by atoms with Gasteiger partial charge in [0.25, 0.3) is 0 Å². The van der Waals surface area contributed by atoms with E-state index >= 15 is 0 Å². The van der Waals surface area contributed by atoms with Crippen molar-refractivity contribution < 1.29 is 19.1 Å². The van der Waals surface area contributed by atoms with E-state index in [2.05, 4.69) is 0 Å². The Hall–Kier alpha value is -3.14. The maximum absolute atomic E-state index is 12.9. The minimum Gasteiger partial charge on any atom is -0.493 e. The topological polar surface area (TPSA) is 52.6 Å². The molecule has 0 N–H and O–H groups in total. The van der Waals surface area contributed by atoms with E-state index in [-0.39, 0.29) is 11.6 Å². The van der Waals surface area contributed by atoms with Gasteiger partial charge < -0.3 is 9.47 Å². The highest BCUT2D eigenvalue weighted by Gasteiger charge is 2.31. The number of carbonyl (C=O) groups excluding carboxylic acids is 2. The second-order valence-electron chi connectivity index (χ2n) is 5.66. The molecule has 4 nitrogen and oxygen atoms in total. The molecule has 3 aromatic carbocycles. The fourth-order valence-electron chi connectivity index (χ4n) is 3.16. The van der Waals surface area contributed by atoms with Crippen molar-refractivity contribution in [1.82, 2.24) is 0 Å². The van der Waals surface area contributed by atoms with Crippen molar-refractivity contribution in [3.8, 4) is 11.5 Å². The predicted molar refractivity (Wildman–Crippen MR) is 90.4 cm³/mol. The molecule has 0 unspecified atom stereocenters. The number of fused-ring (bicyclic) bond motifs is 3. The molecule has 0 aliphatic heterocycles. The van der Waals surface area contributed by atoms with Crippen molar-refractivity contribution in [2.45, 2.75) is 0 Å². The van der Waals surface area contributed by atoms with Crippen molar-refractivity contribution in [3.63, 3.8) is 0 Å². The Balaban J connectivity index is 2.00. The minimum absolute atomic E-state index is 0.175. The van der Waals surface area contributed by atoms with Gasteiger partial charge in [-0.3, -0.25) is 9.59 Å². The Morgan fingerprint density at radius 1 is 0.625 bits per heavy atom. The lowest BCUT2D eigenvalue weighted by molar-refractivity contribution is 0.0978. The van der Waals surface area contributed by atoms with E-state index in [1.165, 1.54) is 14.2 Å². The van der Waals surface area contributed by atoms with E-state index in [1.54, 1.807) is 24.3 Å².